The Morgan fingerprint density at radius 1 is 1.11 bits per heavy atom. The zero-order chi connectivity index (χ0) is 18.6. The van der Waals surface area contributed by atoms with Gasteiger partial charge in [0.25, 0.3) is 0 Å². The average molecular weight is 386 g/mol. The zero-order valence-corrected chi connectivity index (χ0v) is 16.2. The molecular formula is C21H24ClN3O2. The van der Waals surface area contributed by atoms with Crippen molar-refractivity contribution in [1.82, 2.24) is 14.5 Å². The second-order valence-corrected chi connectivity index (χ2v) is 7.17. The molecule has 1 aliphatic rings. The first-order valence-electron chi connectivity index (χ1n) is 9.38. The maximum atomic E-state index is 5.94. The molecule has 0 saturated carbocycles. The highest BCUT2D eigenvalue weighted by molar-refractivity contribution is 6.30. The fourth-order valence-electron chi connectivity index (χ4n) is 3.56. The molecule has 142 valence electrons. The molecule has 2 aromatic carbocycles. The molecule has 4 rings (SSSR count). The first-order chi connectivity index (χ1) is 13.2. The Bertz CT molecular complexity index is 888. The lowest BCUT2D eigenvalue weighted by Crippen LogP contribution is -2.39. The maximum Gasteiger partial charge on any atom is 0.127 e. The average Bonchev–Trinajstić information content (AvgIpc) is 3.08. The van der Waals surface area contributed by atoms with Gasteiger partial charge < -0.3 is 14.0 Å². The summed E-state index contributed by atoms with van der Waals surface area (Å²) in [7, 11) is 0. The summed E-state index contributed by atoms with van der Waals surface area (Å²) in [5.74, 6) is 1.91. The van der Waals surface area contributed by atoms with E-state index in [-0.39, 0.29) is 6.04 Å². The minimum absolute atomic E-state index is 0.233. The van der Waals surface area contributed by atoms with Crippen molar-refractivity contribution >= 4 is 22.6 Å². The van der Waals surface area contributed by atoms with E-state index in [0.717, 1.165) is 55.5 Å². The van der Waals surface area contributed by atoms with Crippen LogP contribution in [-0.4, -0.2) is 47.4 Å². The van der Waals surface area contributed by atoms with Gasteiger partial charge in [-0.25, -0.2) is 4.98 Å². The van der Waals surface area contributed by atoms with E-state index in [2.05, 4.69) is 34.6 Å². The number of hydrogen-bond acceptors (Lipinski definition) is 4. The van der Waals surface area contributed by atoms with Gasteiger partial charge in [-0.3, -0.25) is 4.90 Å². The molecule has 2 heterocycles. The molecule has 0 aliphatic carbocycles. The second-order valence-electron chi connectivity index (χ2n) is 6.74. The van der Waals surface area contributed by atoms with Crippen LogP contribution in [0.2, 0.25) is 5.02 Å². The van der Waals surface area contributed by atoms with Gasteiger partial charge in [0.15, 0.2) is 0 Å². The van der Waals surface area contributed by atoms with Crippen LogP contribution in [0.5, 0.6) is 5.75 Å². The van der Waals surface area contributed by atoms with Crippen LogP contribution in [0.15, 0.2) is 48.5 Å². The molecule has 1 saturated heterocycles. The molecule has 0 N–H and O–H groups in total. The Kier molecular flexibility index (Phi) is 5.62. The summed E-state index contributed by atoms with van der Waals surface area (Å²) in [6.07, 6.45) is 0. The molecular weight excluding hydrogens is 362 g/mol. The number of fused-ring (bicyclic) bond motifs is 1. The normalized spacial score (nSPS) is 16.5. The largest absolute Gasteiger partial charge is 0.492 e. The lowest BCUT2D eigenvalue weighted by atomic mass is 10.2. The number of morpholine rings is 1. The van der Waals surface area contributed by atoms with Gasteiger partial charge in [-0.15, -0.1) is 0 Å². The van der Waals surface area contributed by atoms with E-state index in [4.69, 9.17) is 26.1 Å². The highest BCUT2D eigenvalue weighted by Gasteiger charge is 2.24. The van der Waals surface area contributed by atoms with E-state index in [1.54, 1.807) is 0 Å². The number of imidazole rings is 1. The number of benzene rings is 2. The summed E-state index contributed by atoms with van der Waals surface area (Å²) in [6, 6.07) is 16.0. The monoisotopic (exact) mass is 385 g/mol. The van der Waals surface area contributed by atoms with Crippen molar-refractivity contribution in [2.24, 2.45) is 0 Å². The van der Waals surface area contributed by atoms with Gasteiger partial charge in [-0.1, -0.05) is 23.7 Å². The van der Waals surface area contributed by atoms with Crippen molar-refractivity contribution in [3.8, 4) is 5.75 Å². The van der Waals surface area contributed by atoms with E-state index in [9.17, 15) is 0 Å². The quantitative estimate of drug-likeness (QED) is 0.638. The standard InChI is InChI=1S/C21H24ClN3O2/c1-16(24-10-13-26-14-11-24)21-23-19-4-2-3-5-20(19)25(21)12-15-27-18-8-6-17(22)7-9-18/h2-9,16H,10-15H2,1H3. The van der Waals surface area contributed by atoms with Gasteiger partial charge in [0.2, 0.25) is 0 Å². The molecule has 6 heteroatoms. The van der Waals surface area contributed by atoms with Gasteiger partial charge in [0.05, 0.1) is 36.8 Å². The first-order valence-corrected chi connectivity index (χ1v) is 9.75. The van der Waals surface area contributed by atoms with Crippen molar-refractivity contribution in [2.45, 2.75) is 19.5 Å². The predicted octanol–water partition coefficient (Wildman–Crippen LogP) is 4.16. The number of ether oxygens (including phenoxy) is 2. The molecule has 0 bridgehead atoms. The van der Waals surface area contributed by atoms with Gasteiger partial charge >= 0.3 is 0 Å². The highest BCUT2D eigenvalue weighted by Crippen LogP contribution is 2.25. The van der Waals surface area contributed by atoms with Gasteiger partial charge in [-0.2, -0.15) is 0 Å². The molecule has 0 spiro atoms. The summed E-state index contributed by atoms with van der Waals surface area (Å²) >= 11 is 5.94. The fourth-order valence-corrected chi connectivity index (χ4v) is 3.69. The van der Waals surface area contributed by atoms with Crippen LogP contribution in [0, 0.1) is 0 Å². The number of hydrogen-bond donors (Lipinski definition) is 0. The van der Waals surface area contributed by atoms with E-state index in [1.807, 2.05) is 30.3 Å². The molecule has 1 aromatic heterocycles. The van der Waals surface area contributed by atoms with Crippen LogP contribution in [0.25, 0.3) is 11.0 Å². The number of nitrogens with zero attached hydrogens (tertiary/aromatic N) is 3. The van der Waals surface area contributed by atoms with Crippen molar-refractivity contribution < 1.29 is 9.47 Å². The van der Waals surface area contributed by atoms with Crippen LogP contribution in [0.4, 0.5) is 0 Å². The van der Waals surface area contributed by atoms with E-state index >= 15 is 0 Å². The Morgan fingerprint density at radius 2 is 1.85 bits per heavy atom. The van der Waals surface area contributed by atoms with Crippen LogP contribution in [-0.2, 0) is 11.3 Å². The topological polar surface area (TPSA) is 39.5 Å². The number of para-hydroxylation sites is 2. The lowest BCUT2D eigenvalue weighted by Gasteiger charge is -2.32. The zero-order valence-electron chi connectivity index (χ0n) is 15.5. The van der Waals surface area contributed by atoms with Crippen LogP contribution in [0.3, 0.4) is 0 Å². The van der Waals surface area contributed by atoms with Crippen molar-refractivity contribution in [3.63, 3.8) is 0 Å². The third kappa shape index (κ3) is 4.10. The second kappa shape index (κ2) is 8.30. The van der Waals surface area contributed by atoms with Crippen molar-refractivity contribution in [3.05, 3.63) is 59.4 Å². The number of aromatic nitrogens is 2. The molecule has 27 heavy (non-hydrogen) atoms. The summed E-state index contributed by atoms with van der Waals surface area (Å²) in [6.45, 7) is 6.98. The maximum absolute atomic E-state index is 5.94. The van der Waals surface area contributed by atoms with Crippen molar-refractivity contribution in [1.29, 1.82) is 0 Å². The number of rotatable bonds is 6. The highest BCUT2D eigenvalue weighted by atomic mass is 35.5. The third-order valence-electron chi connectivity index (χ3n) is 5.05. The Labute approximate surface area is 164 Å². The third-order valence-corrected chi connectivity index (χ3v) is 5.30. The minimum atomic E-state index is 0.233. The molecule has 5 nitrogen and oxygen atoms in total. The summed E-state index contributed by atoms with van der Waals surface area (Å²) in [5.41, 5.74) is 2.17. The van der Waals surface area contributed by atoms with Crippen LogP contribution in [0.1, 0.15) is 18.8 Å². The van der Waals surface area contributed by atoms with E-state index < -0.39 is 0 Å². The predicted molar refractivity (Wildman–Crippen MR) is 107 cm³/mol. The van der Waals surface area contributed by atoms with E-state index in [0.29, 0.717) is 11.6 Å². The van der Waals surface area contributed by atoms with Gasteiger partial charge in [0.1, 0.15) is 18.2 Å². The van der Waals surface area contributed by atoms with Crippen LogP contribution >= 0.6 is 11.6 Å². The Morgan fingerprint density at radius 3 is 2.63 bits per heavy atom. The molecule has 1 fully saturated rings. The van der Waals surface area contributed by atoms with Gasteiger partial charge in [0, 0.05) is 18.1 Å². The van der Waals surface area contributed by atoms with Crippen LogP contribution < -0.4 is 4.74 Å². The molecule has 1 aliphatic heterocycles. The molecule has 3 aromatic rings. The molecule has 1 atom stereocenters. The molecule has 0 radical (unpaired) electrons. The van der Waals surface area contributed by atoms with Crippen molar-refractivity contribution in [2.75, 3.05) is 32.9 Å². The minimum Gasteiger partial charge on any atom is -0.492 e. The Hall–Kier alpha value is -2.08. The lowest BCUT2D eigenvalue weighted by molar-refractivity contribution is 0.0175. The number of halogens is 1. The fraction of sp³-hybridized carbons (Fsp3) is 0.381. The smallest absolute Gasteiger partial charge is 0.127 e. The summed E-state index contributed by atoms with van der Waals surface area (Å²) < 4.78 is 13.7. The SMILES string of the molecule is CC(c1nc2ccccc2n1CCOc1ccc(Cl)cc1)N1CCOCC1. The van der Waals surface area contributed by atoms with Gasteiger partial charge in [-0.05, 0) is 43.3 Å². The first kappa shape index (κ1) is 18.3. The Balaban J connectivity index is 1.55. The molecule has 1 unspecified atom stereocenters. The molecule has 0 amide bonds. The summed E-state index contributed by atoms with van der Waals surface area (Å²) in [5, 5.41) is 0.713. The van der Waals surface area contributed by atoms with E-state index in [1.165, 1.54) is 0 Å². The summed E-state index contributed by atoms with van der Waals surface area (Å²) in [4.78, 5) is 7.36.